The van der Waals surface area contributed by atoms with Crippen LogP contribution in [0.2, 0.25) is 0 Å². The predicted molar refractivity (Wildman–Crippen MR) is 95.0 cm³/mol. The van der Waals surface area contributed by atoms with E-state index in [-0.39, 0.29) is 6.03 Å². The number of likely N-dealkylation sites (tertiary alicyclic amines) is 1. The molecule has 3 aromatic rings. The predicted octanol–water partition coefficient (Wildman–Crippen LogP) is 2.11. The van der Waals surface area contributed by atoms with E-state index < -0.39 is 0 Å². The first-order valence-electron chi connectivity index (χ1n) is 8.59. The molecule has 0 spiro atoms. The number of hydrogen-bond donors (Lipinski definition) is 2. The van der Waals surface area contributed by atoms with Crippen molar-refractivity contribution in [2.24, 2.45) is 0 Å². The normalized spacial score (nSPS) is 15.2. The average Bonchev–Trinajstić information content (AvgIpc) is 3.34. The molecule has 0 saturated carbocycles. The molecule has 0 aliphatic carbocycles. The van der Waals surface area contributed by atoms with Crippen LogP contribution < -0.4 is 5.32 Å². The Hall–Kier alpha value is -3.23. The van der Waals surface area contributed by atoms with Gasteiger partial charge < -0.3 is 10.2 Å². The number of nitrogens with zero attached hydrogens (tertiary/aromatic N) is 6. The summed E-state index contributed by atoms with van der Waals surface area (Å²) in [4.78, 5) is 22.7. The number of urea groups is 1. The summed E-state index contributed by atoms with van der Waals surface area (Å²) >= 11 is 0. The van der Waals surface area contributed by atoms with Crippen LogP contribution in [0.5, 0.6) is 0 Å². The Kier molecular flexibility index (Phi) is 4.34. The maximum atomic E-state index is 12.6. The third kappa shape index (κ3) is 3.41. The number of aromatic nitrogens is 6. The molecule has 0 atom stereocenters. The minimum atomic E-state index is -0.0923. The summed E-state index contributed by atoms with van der Waals surface area (Å²) < 4.78 is 1.65. The van der Waals surface area contributed by atoms with Gasteiger partial charge in [0.05, 0.1) is 5.69 Å². The number of carbonyl (C=O) groups excluding carboxylic acids is 1. The Morgan fingerprint density at radius 1 is 1.31 bits per heavy atom. The number of nitrogens with one attached hydrogen (secondary N) is 2. The Morgan fingerprint density at radius 3 is 2.85 bits per heavy atom. The fourth-order valence-corrected chi connectivity index (χ4v) is 3.15. The number of H-pyrrole nitrogens is 1. The smallest absolute Gasteiger partial charge is 0.321 e. The summed E-state index contributed by atoms with van der Waals surface area (Å²) in [5, 5.41) is 14.2. The van der Waals surface area contributed by atoms with Crippen LogP contribution >= 0.6 is 0 Å². The third-order valence-electron chi connectivity index (χ3n) is 4.54. The second kappa shape index (κ2) is 6.95. The number of anilines is 1. The SMILES string of the molecule is Cc1nc(C2CCN(C(=O)Nc3cccc(-n4cncn4)c3)CC2)n[nH]1. The molecule has 26 heavy (non-hydrogen) atoms. The van der Waals surface area contributed by atoms with Crippen LogP contribution in [-0.2, 0) is 0 Å². The number of aromatic amines is 1. The van der Waals surface area contributed by atoms with Gasteiger partial charge in [0.25, 0.3) is 0 Å². The summed E-state index contributed by atoms with van der Waals surface area (Å²) in [6.45, 7) is 3.27. The van der Waals surface area contributed by atoms with Crippen molar-refractivity contribution >= 4 is 11.7 Å². The maximum Gasteiger partial charge on any atom is 0.321 e. The van der Waals surface area contributed by atoms with E-state index in [1.54, 1.807) is 11.0 Å². The van der Waals surface area contributed by atoms with Gasteiger partial charge in [-0.1, -0.05) is 6.07 Å². The highest BCUT2D eigenvalue weighted by atomic mass is 16.2. The molecule has 1 fully saturated rings. The van der Waals surface area contributed by atoms with Crippen molar-refractivity contribution in [3.63, 3.8) is 0 Å². The number of hydrogen-bond acceptors (Lipinski definition) is 5. The number of aryl methyl sites for hydroxylation is 1. The standard InChI is InChI=1S/C17H20N8O/c1-12-20-16(23-22-12)13-5-7-24(8-6-13)17(26)21-14-3-2-4-15(9-14)25-11-18-10-19-25/h2-4,9-11,13H,5-8H2,1H3,(H,21,26)(H,20,22,23). The van der Waals surface area contributed by atoms with E-state index in [1.165, 1.54) is 6.33 Å². The zero-order chi connectivity index (χ0) is 17.9. The lowest BCUT2D eigenvalue weighted by Crippen LogP contribution is -2.40. The first kappa shape index (κ1) is 16.2. The van der Waals surface area contributed by atoms with Gasteiger partial charge in [0.2, 0.25) is 0 Å². The van der Waals surface area contributed by atoms with Gasteiger partial charge in [-0.05, 0) is 38.0 Å². The van der Waals surface area contributed by atoms with Crippen molar-refractivity contribution in [2.45, 2.75) is 25.7 Å². The topological polar surface area (TPSA) is 105 Å². The summed E-state index contributed by atoms with van der Waals surface area (Å²) in [5.41, 5.74) is 1.58. The van der Waals surface area contributed by atoms with Crippen LogP contribution in [0.25, 0.3) is 5.69 Å². The zero-order valence-electron chi connectivity index (χ0n) is 14.5. The second-order valence-electron chi connectivity index (χ2n) is 6.36. The van der Waals surface area contributed by atoms with E-state index in [0.717, 1.165) is 35.9 Å². The molecule has 2 aromatic heterocycles. The monoisotopic (exact) mass is 352 g/mol. The molecule has 134 valence electrons. The Bertz CT molecular complexity index is 880. The summed E-state index contributed by atoms with van der Waals surface area (Å²) in [5.74, 6) is 1.98. The van der Waals surface area contributed by atoms with Crippen LogP contribution in [0.1, 0.15) is 30.4 Å². The maximum absolute atomic E-state index is 12.6. The molecule has 1 aliphatic rings. The van der Waals surface area contributed by atoms with E-state index in [0.29, 0.717) is 19.0 Å². The molecule has 0 radical (unpaired) electrons. The van der Waals surface area contributed by atoms with Crippen molar-refractivity contribution < 1.29 is 4.79 Å². The van der Waals surface area contributed by atoms with Crippen LogP contribution in [-0.4, -0.2) is 54.0 Å². The first-order chi connectivity index (χ1) is 12.7. The Morgan fingerprint density at radius 2 is 2.15 bits per heavy atom. The molecule has 1 saturated heterocycles. The molecule has 0 bridgehead atoms. The van der Waals surface area contributed by atoms with Gasteiger partial charge in [-0.2, -0.15) is 10.2 Å². The van der Waals surface area contributed by atoms with Crippen LogP contribution in [0, 0.1) is 6.92 Å². The van der Waals surface area contributed by atoms with Gasteiger partial charge in [0.15, 0.2) is 5.82 Å². The molecular formula is C17H20N8O. The van der Waals surface area contributed by atoms with Crippen molar-refractivity contribution in [2.75, 3.05) is 18.4 Å². The lowest BCUT2D eigenvalue weighted by Gasteiger charge is -2.30. The summed E-state index contributed by atoms with van der Waals surface area (Å²) in [7, 11) is 0. The van der Waals surface area contributed by atoms with E-state index in [9.17, 15) is 4.79 Å². The van der Waals surface area contributed by atoms with Gasteiger partial charge in [-0.25, -0.2) is 19.4 Å². The van der Waals surface area contributed by atoms with Crippen molar-refractivity contribution in [1.82, 2.24) is 34.8 Å². The van der Waals surface area contributed by atoms with Gasteiger partial charge in [0.1, 0.15) is 18.5 Å². The largest absolute Gasteiger partial charge is 0.324 e. The van der Waals surface area contributed by atoms with Crippen LogP contribution in [0.3, 0.4) is 0 Å². The molecule has 2 N–H and O–H groups in total. The second-order valence-corrected chi connectivity index (χ2v) is 6.36. The number of rotatable bonds is 3. The molecular weight excluding hydrogens is 332 g/mol. The minimum Gasteiger partial charge on any atom is -0.324 e. The molecule has 9 heteroatoms. The summed E-state index contributed by atoms with van der Waals surface area (Å²) in [6.07, 6.45) is 4.83. The number of piperidine rings is 1. The first-order valence-corrected chi connectivity index (χ1v) is 8.59. The highest BCUT2D eigenvalue weighted by Crippen LogP contribution is 2.26. The van der Waals surface area contributed by atoms with Crippen molar-refractivity contribution in [3.8, 4) is 5.69 Å². The highest BCUT2D eigenvalue weighted by Gasteiger charge is 2.26. The van der Waals surface area contributed by atoms with Crippen LogP contribution in [0.15, 0.2) is 36.9 Å². The van der Waals surface area contributed by atoms with Crippen molar-refractivity contribution in [1.29, 1.82) is 0 Å². The lowest BCUT2D eigenvalue weighted by atomic mass is 9.96. The number of carbonyl (C=O) groups is 1. The van der Waals surface area contributed by atoms with Gasteiger partial charge in [0, 0.05) is 24.7 Å². The van der Waals surface area contributed by atoms with Crippen molar-refractivity contribution in [3.05, 3.63) is 48.6 Å². The van der Waals surface area contributed by atoms with E-state index in [4.69, 9.17) is 0 Å². The quantitative estimate of drug-likeness (QED) is 0.751. The van der Waals surface area contributed by atoms with E-state index in [1.807, 2.05) is 36.1 Å². The van der Waals surface area contributed by atoms with Gasteiger partial charge in [-0.15, -0.1) is 0 Å². The van der Waals surface area contributed by atoms with E-state index >= 15 is 0 Å². The molecule has 2 amide bonds. The number of amides is 2. The molecule has 1 aromatic carbocycles. The minimum absolute atomic E-state index is 0.0923. The van der Waals surface area contributed by atoms with Crippen LogP contribution in [0.4, 0.5) is 10.5 Å². The Balaban J connectivity index is 1.36. The summed E-state index contributed by atoms with van der Waals surface area (Å²) in [6, 6.07) is 7.43. The molecule has 0 unspecified atom stereocenters. The Labute approximate surface area is 150 Å². The molecule has 4 rings (SSSR count). The highest BCUT2D eigenvalue weighted by molar-refractivity contribution is 5.89. The molecule has 3 heterocycles. The lowest BCUT2D eigenvalue weighted by molar-refractivity contribution is 0.193. The van der Waals surface area contributed by atoms with E-state index in [2.05, 4.69) is 30.6 Å². The average molecular weight is 352 g/mol. The van der Waals surface area contributed by atoms with Gasteiger partial charge in [-0.3, -0.25) is 5.10 Å². The fourth-order valence-electron chi connectivity index (χ4n) is 3.15. The molecule has 9 nitrogen and oxygen atoms in total. The zero-order valence-corrected chi connectivity index (χ0v) is 14.5. The third-order valence-corrected chi connectivity index (χ3v) is 4.54. The van der Waals surface area contributed by atoms with Gasteiger partial charge >= 0.3 is 6.03 Å². The molecule has 1 aliphatic heterocycles. The fraction of sp³-hybridized carbons (Fsp3) is 0.353. The number of benzene rings is 1.